The number of nitrogens with one attached hydrogen (secondary N) is 2. The number of hydrogen-bond acceptors (Lipinski definition) is 7. The van der Waals surface area contributed by atoms with Crippen LogP contribution in [0.4, 0.5) is 5.69 Å². The molecule has 10 heteroatoms. The Hall–Kier alpha value is -4.16. The zero-order valence-corrected chi connectivity index (χ0v) is 31.4. The highest BCUT2D eigenvalue weighted by Gasteiger charge is 2.40. The Morgan fingerprint density at radius 2 is 1.57 bits per heavy atom. The average Bonchev–Trinajstić information content (AvgIpc) is 3.71. The number of carbonyl (C=O) groups is 1. The highest BCUT2D eigenvalue weighted by molar-refractivity contribution is 7.89. The Morgan fingerprint density at radius 1 is 0.906 bits per heavy atom. The molecule has 1 aliphatic heterocycles. The fourth-order valence-electron chi connectivity index (χ4n) is 7.33. The zero-order chi connectivity index (χ0) is 37.4. The Kier molecular flexibility index (Phi) is 12.9. The van der Waals surface area contributed by atoms with Gasteiger partial charge in [0.25, 0.3) is 0 Å². The van der Waals surface area contributed by atoms with Gasteiger partial charge in [-0.2, -0.15) is 4.72 Å². The van der Waals surface area contributed by atoms with Crippen LogP contribution in [0.15, 0.2) is 121 Å². The van der Waals surface area contributed by atoms with Crippen molar-refractivity contribution in [2.75, 3.05) is 18.4 Å². The lowest BCUT2D eigenvalue weighted by Gasteiger charge is -2.43. The van der Waals surface area contributed by atoms with E-state index in [2.05, 4.69) is 28.4 Å². The lowest BCUT2D eigenvalue weighted by molar-refractivity contribution is -0.276. The van der Waals surface area contributed by atoms with Crippen molar-refractivity contribution in [3.8, 4) is 0 Å². The Bertz CT molecular complexity index is 1900. The molecule has 280 valence electrons. The third-order valence-electron chi connectivity index (χ3n) is 10.4. The summed E-state index contributed by atoms with van der Waals surface area (Å²) in [6, 6.07) is 30.5. The van der Waals surface area contributed by atoms with Crippen molar-refractivity contribution in [1.29, 1.82) is 0 Å². The number of hydrogen-bond donors (Lipinski definition) is 3. The van der Waals surface area contributed by atoms with Crippen LogP contribution in [0, 0.1) is 12.8 Å². The summed E-state index contributed by atoms with van der Waals surface area (Å²) in [4.78, 5) is 16.3. The summed E-state index contributed by atoms with van der Waals surface area (Å²) in [5.41, 5.74) is 4.93. The number of carbonyl (C=O) groups excluding carboxylic acids is 1. The summed E-state index contributed by atoms with van der Waals surface area (Å²) in [7, 11) is -3.98. The molecule has 53 heavy (non-hydrogen) atoms. The quantitative estimate of drug-likeness (QED) is 0.110. The van der Waals surface area contributed by atoms with Gasteiger partial charge in [-0.25, -0.2) is 8.42 Å². The molecule has 4 aromatic rings. The monoisotopic (exact) mass is 737 g/mol. The molecule has 2 aliphatic rings. The number of aliphatic hydroxyl groups is 1. The van der Waals surface area contributed by atoms with Crippen LogP contribution in [0.5, 0.6) is 0 Å². The molecule has 1 amide bonds. The number of nitrogens with zero attached hydrogens (tertiary/aromatic N) is 1. The normalized spacial score (nSPS) is 21.4. The van der Waals surface area contributed by atoms with Gasteiger partial charge in [0.15, 0.2) is 6.29 Å². The molecule has 2 fully saturated rings. The third-order valence-corrected chi connectivity index (χ3v) is 11.9. The Morgan fingerprint density at radius 3 is 2.21 bits per heavy atom. The predicted molar refractivity (Wildman–Crippen MR) is 208 cm³/mol. The summed E-state index contributed by atoms with van der Waals surface area (Å²) in [5, 5.41) is 12.6. The van der Waals surface area contributed by atoms with Crippen LogP contribution in [0.1, 0.15) is 72.8 Å². The van der Waals surface area contributed by atoms with Gasteiger partial charge in [0, 0.05) is 36.3 Å². The Labute approximate surface area is 314 Å². The van der Waals surface area contributed by atoms with Crippen molar-refractivity contribution in [2.24, 2.45) is 5.92 Å². The standard InChI is InChI=1S/C43H51N3O6S/c1-4-26-46(37-12-8-9-13-37)28-40-31(3)41(34-18-16-33(29-47)17-19-34)52-43(51-40)35-20-22-36(23-21-35)44-42(48)39(27-32-10-6-5-7-11-32)45-53(49,50)38-24-14-30(2)15-25-38/h4-7,10-11,14-25,31,37,39-41,43,45,47H,1,8-9,12-13,26-29H2,2-3H3,(H,44,48)/t31-,39+,40+,41+,43+/m0/s1. The van der Waals surface area contributed by atoms with Crippen LogP contribution >= 0.6 is 0 Å². The molecule has 1 heterocycles. The Balaban J connectivity index is 1.21. The number of rotatable bonds is 15. The molecular weight excluding hydrogens is 687 g/mol. The SMILES string of the molecule is C=CCN(C[C@H]1O[C@@H](c2ccc(NC(=O)[C@@H](Cc3ccccc3)NS(=O)(=O)c3ccc(C)cc3)cc2)O[C@@H](c2ccc(CO)cc2)[C@H]1C)C1CCCC1. The van der Waals surface area contributed by atoms with Crippen molar-refractivity contribution in [2.45, 2.75) is 88.0 Å². The van der Waals surface area contributed by atoms with Gasteiger partial charge in [-0.15, -0.1) is 6.58 Å². The molecule has 9 nitrogen and oxygen atoms in total. The van der Waals surface area contributed by atoms with Crippen molar-refractivity contribution >= 4 is 21.6 Å². The topological polar surface area (TPSA) is 117 Å². The van der Waals surface area contributed by atoms with E-state index in [0.717, 1.165) is 40.9 Å². The molecule has 0 bridgehead atoms. The first-order valence-electron chi connectivity index (χ1n) is 18.5. The van der Waals surface area contributed by atoms with Gasteiger partial charge in [-0.1, -0.05) is 110 Å². The lowest BCUT2D eigenvalue weighted by Crippen LogP contribution is -2.47. The summed E-state index contributed by atoms with van der Waals surface area (Å²) in [6.07, 6.45) is 5.92. The number of amides is 1. The van der Waals surface area contributed by atoms with Gasteiger partial charge in [-0.3, -0.25) is 9.69 Å². The summed E-state index contributed by atoms with van der Waals surface area (Å²) >= 11 is 0. The number of aryl methyl sites for hydroxylation is 1. The summed E-state index contributed by atoms with van der Waals surface area (Å²) in [6.45, 7) is 9.60. The molecule has 1 aliphatic carbocycles. The maximum Gasteiger partial charge on any atom is 0.242 e. The average molecular weight is 738 g/mol. The first kappa shape index (κ1) is 38.6. The summed E-state index contributed by atoms with van der Waals surface area (Å²) in [5.74, 6) is -0.430. The van der Waals surface area contributed by atoms with Crippen LogP contribution < -0.4 is 10.0 Å². The van der Waals surface area contributed by atoms with Crippen LogP contribution in [-0.4, -0.2) is 55.6 Å². The predicted octanol–water partition coefficient (Wildman–Crippen LogP) is 7.24. The minimum absolute atomic E-state index is 0.0257. The van der Waals surface area contributed by atoms with Crippen molar-refractivity contribution < 1.29 is 27.8 Å². The van der Waals surface area contributed by atoms with Crippen LogP contribution in [-0.2, 0) is 37.3 Å². The van der Waals surface area contributed by atoms with E-state index < -0.39 is 28.3 Å². The van der Waals surface area contributed by atoms with E-state index >= 15 is 0 Å². The molecule has 1 saturated carbocycles. The highest BCUT2D eigenvalue weighted by Crippen LogP contribution is 2.42. The minimum atomic E-state index is -3.98. The van der Waals surface area contributed by atoms with Crippen molar-refractivity contribution in [3.05, 3.63) is 144 Å². The molecule has 6 rings (SSSR count). The van der Waals surface area contributed by atoms with Gasteiger partial charge >= 0.3 is 0 Å². The molecular formula is C43H51N3O6S. The molecule has 4 aromatic carbocycles. The molecule has 1 saturated heterocycles. The zero-order valence-electron chi connectivity index (χ0n) is 30.6. The van der Waals surface area contributed by atoms with E-state index in [0.29, 0.717) is 11.7 Å². The second-order valence-corrected chi connectivity index (χ2v) is 16.0. The number of anilines is 1. The molecule has 0 aromatic heterocycles. The summed E-state index contributed by atoms with van der Waals surface area (Å²) < 4.78 is 42.8. The van der Waals surface area contributed by atoms with E-state index in [-0.39, 0.29) is 36.0 Å². The molecule has 0 radical (unpaired) electrons. The molecule has 5 atom stereocenters. The van der Waals surface area contributed by atoms with Crippen LogP contribution in [0.2, 0.25) is 0 Å². The lowest BCUT2D eigenvalue weighted by atomic mass is 9.89. The maximum absolute atomic E-state index is 13.7. The third kappa shape index (κ3) is 9.89. The fourth-order valence-corrected chi connectivity index (χ4v) is 8.53. The van der Waals surface area contributed by atoms with E-state index in [1.165, 1.54) is 37.8 Å². The first-order valence-corrected chi connectivity index (χ1v) is 20.0. The second kappa shape index (κ2) is 17.8. The van der Waals surface area contributed by atoms with Gasteiger partial charge in [0.2, 0.25) is 15.9 Å². The van der Waals surface area contributed by atoms with Gasteiger partial charge in [0.1, 0.15) is 6.04 Å². The van der Waals surface area contributed by atoms with Crippen LogP contribution in [0.25, 0.3) is 0 Å². The second-order valence-electron chi connectivity index (χ2n) is 14.3. The number of aliphatic hydroxyl groups excluding tert-OH is 1. The largest absolute Gasteiger partial charge is 0.392 e. The fraction of sp³-hybridized carbons (Fsp3) is 0.372. The maximum atomic E-state index is 13.7. The van der Waals surface area contributed by atoms with Crippen molar-refractivity contribution in [3.63, 3.8) is 0 Å². The molecule has 3 N–H and O–H groups in total. The van der Waals surface area contributed by atoms with Gasteiger partial charge in [0.05, 0.1) is 23.7 Å². The van der Waals surface area contributed by atoms with Gasteiger partial charge in [-0.05, 0) is 67.1 Å². The van der Waals surface area contributed by atoms with E-state index in [4.69, 9.17) is 9.47 Å². The number of benzene rings is 4. The number of sulfonamides is 1. The highest BCUT2D eigenvalue weighted by atomic mass is 32.2. The number of ether oxygens (including phenoxy) is 2. The smallest absolute Gasteiger partial charge is 0.242 e. The van der Waals surface area contributed by atoms with Crippen molar-refractivity contribution in [1.82, 2.24) is 9.62 Å². The van der Waals surface area contributed by atoms with Crippen LogP contribution in [0.3, 0.4) is 0 Å². The molecule has 0 unspecified atom stereocenters. The minimum Gasteiger partial charge on any atom is -0.392 e. The van der Waals surface area contributed by atoms with E-state index in [1.807, 2.05) is 79.7 Å². The van der Waals surface area contributed by atoms with Gasteiger partial charge < -0.3 is 19.9 Å². The molecule has 0 spiro atoms. The van der Waals surface area contributed by atoms with E-state index in [1.54, 1.807) is 24.3 Å². The van der Waals surface area contributed by atoms with E-state index in [9.17, 15) is 18.3 Å². The first-order chi connectivity index (χ1) is 25.6.